The van der Waals surface area contributed by atoms with Crippen LogP contribution < -0.4 is 0 Å². The average molecular weight is 374 g/mol. The Morgan fingerprint density at radius 2 is 1.64 bits per heavy atom. The fraction of sp³-hybridized carbons (Fsp3) is 0.174. The van der Waals surface area contributed by atoms with E-state index in [0.29, 0.717) is 0 Å². The van der Waals surface area contributed by atoms with Gasteiger partial charge < -0.3 is 9.57 Å². The molecule has 0 N–H and O–H groups in total. The Balaban J connectivity index is 1.89. The standard InChI is InChI=1S/C23H22N2O3/c1-27-23(26)22(25-28-2)21-12-6-4-9-18(21)14-13-17-8-3-5-11-20(17)19-10-7-15-24-16-19/h3-12,15-16H,13-14H2,1-2H3/b25-22+. The lowest BCUT2D eigenvalue weighted by Crippen LogP contribution is -2.19. The van der Waals surface area contributed by atoms with Gasteiger partial charge in [0, 0.05) is 23.5 Å². The summed E-state index contributed by atoms with van der Waals surface area (Å²) in [5, 5.41) is 3.88. The predicted molar refractivity (Wildman–Crippen MR) is 109 cm³/mol. The van der Waals surface area contributed by atoms with Crippen molar-refractivity contribution in [3.8, 4) is 11.1 Å². The molecular weight excluding hydrogens is 352 g/mol. The van der Waals surface area contributed by atoms with Crippen LogP contribution in [0.15, 0.2) is 78.2 Å². The van der Waals surface area contributed by atoms with E-state index in [1.807, 2.05) is 48.7 Å². The first-order valence-corrected chi connectivity index (χ1v) is 9.00. The number of esters is 1. The van der Waals surface area contributed by atoms with Gasteiger partial charge in [-0.1, -0.05) is 59.8 Å². The van der Waals surface area contributed by atoms with Crippen molar-refractivity contribution in [2.24, 2.45) is 5.16 Å². The van der Waals surface area contributed by atoms with Crippen LogP contribution in [0.5, 0.6) is 0 Å². The van der Waals surface area contributed by atoms with Crippen LogP contribution in [0.3, 0.4) is 0 Å². The van der Waals surface area contributed by atoms with Crippen LogP contribution in [-0.4, -0.2) is 30.9 Å². The number of aryl methyl sites for hydroxylation is 2. The molecule has 0 atom stereocenters. The van der Waals surface area contributed by atoms with Crippen molar-refractivity contribution in [1.82, 2.24) is 4.98 Å². The van der Waals surface area contributed by atoms with E-state index < -0.39 is 5.97 Å². The van der Waals surface area contributed by atoms with Gasteiger partial charge in [0.05, 0.1) is 7.11 Å². The zero-order valence-corrected chi connectivity index (χ0v) is 16.0. The second-order valence-corrected chi connectivity index (χ2v) is 6.17. The number of rotatable bonds is 7. The second kappa shape index (κ2) is 9.46. The van der Waals surface area contributed by atoms with Gasteiger partial charge in [0.25, 0.3) is 0 Å². The number of carbonyl (C=O) groups excluding carboxylic acids is 1. The number of oxime groups is 1. The number of ether oxygens (including phenoxy) is 1. The number of benzene rings is 2. The van der Waals surface area contributed by atoms with Gasteiger partial charge in [0.15, 0.2) is 5.71 Å². The monoisotopic (exact) mass is 374 g/mol. The first-order valence-electron chi connectivity index (χ1n) is 9.00. The van der Waals surface area contributed by atoms with Crippen LogP contribution in [0.2, 0.25) is 0 Å². The Morgan fingerprint density at radius 3 is 2.36 bits per heavy atom. The molecule has 3 aromatic rings. The van der Waals surface area contributed by atoms with Crippen LogP contribution in [0.25, 0.3) is 11.1 Å². The third-order valence-electron chi connectivity index (χ3n) is 4.49. The maximum Gasteiger partial charge on any atom is 0.360 e. The van der Waals surface area contributed by atoms with Gasteiger partial charge in [-0.3, -0.25) is 4.98 Å². The van der Waals surface area contributed by atoms with E-state index in [1.165, 1.54) is 19.8 Å². The minimum atomic E-state index is -0.523. The van der Waals surface area contributed by atoms with Crippen molar-refractivity contribution in [3.63, 3.8) is 0 Å². The largest absolute Gasteiger partial charge is 0.464 e. The summed E-state index contributed by atoms with van der Waals surface area (Å²) in [6, 6.07) is 20.0. The molecule has 0 bridgehead atoms. The molecular formula is C23H22N2O3. The fourth-order valence-electron chi connectivity index (χ4n) is 3.17. The summed E-state index contributed by atoms with van der Waals surface area (Å²) in [6.07, 6.45) is 5.19. The Kier molecular flexibility index (Phi) is 6.52. The average Bonchev–Trinajstić information content (AvgIpc) is 2.76. The summed E-state index contributed by atoms with van der Waals surface area (Å²) in [5.74, 6) is -0.523. The molecule has 3 rings (SSSR count). The van der Waals surface area contributed by atoms with E-state index in [9.17, 15) is 4.79 Å². The molecule has 0 fully saturated rings. The van der Waals surface area contributed by atoms with Gasteiger partial charge in [-0.15, -0.1) is 0 Å². The zero-order valence-electron chi connectivity index (χ0n) is 16.0. The maximum absolute atomic E-state index is 12.1. The van der Waals surface area contributed by atoms with Crippen molar-refractivity contribution in [2.45, 2.75) is 12.8 Å². The Labute approximate surface area is 164 Å². The molecule has 28 heavy (non-hydrogen) atoms. The van der Waals surface area contributed by atoms with Crippen molar-refractivity contribution in [2.75, 3.05) is 14.2 Å². The van der Waals surface area contributed by atoms with Crippen LogP contribution in [0.4, 0.5) is 0 Å². The molecule has 0 saturated heterocycles. The van der Waals surface area contributed by atoms with E-state index in [1.54, 1.807) is 6.20 Å². The summed E-state index contributed by atoms with van der Waals surface area (Å²) in [5.41, 5.74) is 5.35. The third kappa shape index (κ3) is 4.43. The maximum atomic E-state index is 12.1. The van der Waals surface area contributed by atoms with Crippen LogP contribution in [0, 0.1) is 0 Å². The third-order valence-corrected chi connectivity index (χ3v) is 4.49. The van der Waals surface area contributed by atoms with Crippen LogP contribution in [-0.2, 0) is 27.2 Å². The molecule has 1 aromatic heterocycles. The highest BCUT2D eigenvalue weighted by molar-refractivity contribution is 6.43. The number of hydrogen-bond acceptors (Lipinski definition) is 5. The summed E-state index contributed by atoms with van der Waals surface area (Å²) in [4.78, 5) is 21.2. The smallest absolute Gasteiger partial charge is 0.360 e. The van der Waals surface area contributed by atoms with E-state index in [2.05, 4.69) is 28.3 Å². The quantitative estimate of drug-likeness (QED) is 0.355. The van der Waals surface area contributed by atoms with Gasteiger partial charge in [-0.25, -0.2) is 4.79 Å². The lowest BCUT2D eigenvalue weighted by molar-refractivity contribution is -0.132. The highest BCUT2D eigenvalue weighted by Crippen LogP contribution is 2.24. The number of pyridine rings is 1. The Hall–Kier alpha value is -3.47. The lowest BCUT2D eigenvalue weighted by Gasteiger charge is -2.12. The van der Waals surface area contributed by atoms with Gasteiger partial charge in [-0.2, -0.15) is 0 Å². The first kappa shape index (κ1) is 19.3. The van der Waals surface area contributed by atoms with Gasteiger partial charge >= 0.3 is 5.97 Å². The SMILES string of the molecule is CO/N=C(/C(=O)OC)c1ccccc1CCc1ccccc1-c1cccnc1. The summed E-state index contributed by atoms with van der Waals surface area (Å²) >= 11 is 0. The number of nitrogens with zero attached hydrogens (tertiary/aromatic N) is 2. The van der Waals surface area contributed by atoms with E-state index in [-0.39, 0.29) is 5.71 Å². The molecule has 5 nitrogen and oxygen atoms in total. The lowest BCUT2D eigenvalue weighted by atomic mass is 9.93. The Morgan fingerprint density at radius 1 is 0.929 bits per heavy atom. The van der Waals surface area contributed by atoms with Crippen molar-refractivity contribution in [1.29, 1.82) is 0 Å². The normalized spacial score (nSPS) is 11.1. The van der Waals surface area contributed by atoms with E-state index >= 15 is 0 Å². The molecule has 5 heteroatoms. The zero-order chi connectivity index (χ0) is 19.8. The molecule has 142 valence electrons. The van der Waals surface area contributed by atoms with Gasteiger partial charge in [0.2, 0.25) is 0 Å². The van der Waals surface area contributed by atoms with E-state index in [4.69, 9.17) is 9.57 Å². The molecule has 0 aliphatic rings. The fourth-order valence-corrected chi connectivity index (χ4v) is 3.17. The molecule has 0 amide bonds. The molecule has 0 aliphatic heterocycles. The van der Waals surface area contributed by atoms with Crippen LogP contribution in [0.1, 0.15) is 16.7 Å². The first-order chi connectivity index (χ1) is 13.7. The van der Waals surface area contributed by atoms with Gasteiger partial charge in [0.1, 0.15) is 7.11 Å². The number of carbonyl (C=O) groups is 1. The molecule has 0 unspecified atom stereocenters. The minimum absolute atomic E-state index is 0.168. The number of aromatic nitrogens is 1. The predicted octanol–water partition coefficient (Wildman–Crippen LogP) is 4.06. The topological polar surface area (TPSA) is 60.8 Å². The summed E-state index contributed by atoms with van der Waals surface area (Å²) < 4.78 is 4.86. The number of methoxy groups -OCH3 is 1. The van der Waals surface area contributed by atoms with Crippen LogP contribution >= 0.6 is 0 Å². The second-order valence-electron chi connectivity index (χ2n) is 6.17. The molecule has 0 spiro atoms. The minimum Gasteiger partial charge on any atom is -0.464 e. The Bertz CT molecular complexity index is 968. The number of hydrogen-bond donors (Lipinski definition) is 0. The summed E-state index contributed by atoms with van der Waals surface area (Å²) in [6.45, 7) is 0. The highest BCUT2D eigenvalue weighted by atomic mass is 16.6. The van der Waals surface area contributed by atoms with Gasteiger partial charge in [-0.05, 0) is 35.6 Å². The van der Waals surface area contributed by atoms with E-state index in [0.717, 1.165) is 35.1 Å². The molecule has 0 radical (unpaired) electrons. The van der Waals surface area contributed by atoms with Crippen molar-refractivity contribution < 1.29 is 14.4 Å². The van der Waals surface area contributed by atoms with Crippen molar-refractivity contribution in [3.05, 3.63) is 89.7 Å². The molecule has 0 saturated carbocycles. The van der Waals surface area contributed by atoms with Crippen molar-refractivity contribution >= 4 is 11.7 Å². The summed E-state index contributed by atoms with van der Waals surface area (Å²) in [7, 11) is 2.75. The molecule has 1 heterocycles. The highest BCUT2D eigenvalue weighted by Gasteiger charge is 2.19. The molecule has 0 aliphatic carbocycles. The molecule has 2 aromatic carbocycles.